The maximum absolute atomic E-state index is 13.5. The molecule has 0 spiro atoms. The van der Waals surface area contributed by atoms with Gasteiger partial charge in [0.05, 0.1) is 0 Å². The summed E-state index contributed by atoms with van der Waals surface area (Å²) >= 11 is 3.20. The van der Waals surface area contributed by atoms with Gasteiger partial charge in [-0.3, -0.25) is 4.55 Å². The number of rotatable bonds is 13. The minimum absolute atomic E-state index is 0.948. The minimum Gasteiger partial charge on any atom is -0.281 e. The second-order valence-corrected chi connectivity index (χ2v) is 9.16. The Hall–Kier alpha value is -1.52. The molecule has 0 atom stereocenters. The van der Waals surface area contributed by atoms with Gasteiger partial charge in [0.15, 0.2) is 0 Å². The van der Waals surface area contributed by atoms with Gasteiger partial charge in [-0.25, -0.2) is 4.74 Å². The highest BCUT2D eigenvalue weighted by Crippen LogP contribution is 2.66. The SMILES string of the molecule is O=S(=O)(O)C(F)(F)C(F)(F)OC(F)(F)C(F)(F)C(F)(F)C(F)(F)C(F)(F)C(F)(F)C(F)(F)C(F)(F)C(F)(F)C(F)(F)Cl. The van der Waals surface area contributed by atoms with Crippen LogP contribution in [0.1, 0.15) is 0 Å². The Balaban J connectivity index is 7.21. The van der Waals surface area contributed by atoms with E-state index in [1.165, 1.54) is 0 Å². The number of alkyl halides is 25. The first-order valence-electron chi connectivity index (χ1n) is 8.35. The fourth-order valence-corrected chi connectivity index (χ4v) is 2.44. The van der Waals surface area contributed by atoms with Crippen molar-refractivity contribution < 1.29 is 123 Å². The zero-order valence-electron chi connectivity index (χ0n) is 17.5. The van der Waals surface area contributed by atoms with Gasteiger partial charge in [-0.05, 0) is 11.6 Å². The lowest BCUT2D eigenvalue weighted by molar-refractivity contribution is -0.506. The van der Waals surface area contributed by atoms with Gasteiger partial charge in [0.2, 0.25) is 0 Å². The molecule has 30 heteroatoms. The van der Waals surface area contributed by atoms with Gasteiger partial charge >= 0.3 is 80.4 Å². The molecule has 0 bridgehead atoms. The Labute approximate surface area is 216 Å². The fraction of sp³-hybridized carbons (Fsp3) is 1.00. The van der Waals surface area contributed by atoms with Crippen LogP contribution in [-0.4, -0.2) is 83.2 Å². The van der Waals surface area contributed by atoms with Gasteiger partial charge in [0, 0.05) is 0 Å². The van der Waals surface area contributed by atoms with Crippen LogP contribution in [0.2, 0.25) is 0 Å². The molecule has 42 heavy (non-hydrogen) atoms. The summed E-state index contributed by atoms with van der Waals surface area (Å²) in [5.74, 6) is -73.7. The van der Waals surface area contributed by atoms with E-state index in [-0.39, 0.29) is 0 Å². The molecule has 254 valence electrons. The molecule has 0 aromatic carbocycles. The predicted molar refractivity (Wildman–Crippen MR) is 77.9 cm³/mol. The molecule has 0 aliphatic rings. The lowest BCUT2D eigenvalue weighted by Crippen LogP contribution is -2.77. The third kappa shape index (κ3) is 5.05. The normalized spacial score (nSPS) is 17.1. The molecule has 0 unspecified atom stereocenters. The molecule has 0 rings (SSSR count). The van der Waals surface area contributed by atoms with Crippen molar-refractivity contribution in [1.82, 2.24) is 0 Å². The van der Waals surface area contributed by atoms with Crippen LogP contribution < -0.4 is 0 Å². The summed E-state index contributed by atoms with van der Waals surface area (Å²) in [7, 11) is -7.86. The third-order valence-corrected chi connectivity index (χ3v) is 5.52. The molecule has 0 aliphatic carbocycles. The van der Waals surface area contributed by atoms with Crippen molar-refractivity contribution in [3.05, 3.63) is 0 Å². The second-order valence-electron chi connectivity index (χ2n) is 7.22. The topological polar surface area (TPSA) is 63.6 Å². The molecule has 1 N–H and O–H groups in total. The van der Waals surface area contributed by atoms with Crippen molar-refractivity contribution in [3.63, 3.8) is 0 Å². The van der Waals surface area contributed by atoms with Gasteiger partial charge in [-0.2, -0.15) is 114 Å². The zero-order chi connectivity index (χ0) is 35.2. The Morgan fingerprint density at radius 1 is 0.405 bits per heavy atom. The van der Waals surface area contributed by atoms with Crippen molar-refractivity contribution >= 4 is 21.7 Å². The number of hydrogen-bond acceptors (Lipinski definition) is 3. The van der Waals surface area contributed by atoms with E-state index < -0.39 is 80.4 Å². The summed E-state index contributed by atoms with van der Waals surface area (Å²) in [4.78, 5) is 0. The summed E-state index contributed by atoms with van der Waals surface area (Å²) in [5, 5.41) is -14.9. The molecule has 0 fully saturated rings. The summed E-state index contributed by atoms with van der Waals surface area (Å²) in [6.07, 6.45) is -16.7. The van der Waals surface area contributed by atoms with Crippen molar-refractivity contribution in [1.29, 1.82) is 0 Å². The molecule has 0 amide bonds. The lowest BCUT2D eigenvalue weighted by atomic mass is 9.87. The standard InChI is InChI=1S/C12HClF24O4S/c13-9(30,31)7(26,27)5(22,23)3(18,19)1(14,15)2(16,17)4(20,21)6(24,25)8(28,29)10(32,33)41-11(34,35)12(36,37)42(38,39)40/h(H,38,39,40). The van der Waals surface area contributed by atoms with Crippen LogP contribution in [-0.2, 0) is 14.9 Å². The molecule has 0 aliphatic heterocycles. The van der Waals surface area contributed by atoms with Crippen LogP contribution in [0.3, 0.4) is 0 Å². The van der Waals surface area contributed by atoms with Crippen LogP contribution in [0.15, 0.2) is 0 Å². The van der Waals surface area contributed by atoms with Crippen LogP contribution in [0.5, 0.6) is 0 Å². The van der Waals surface area contributed by atoms with Crippen molar-refractivity contribution in [3.8, 4) is 0 Å². The van der Waals surface area contributed by atoms with Crippen molar-refractivity contribution in [2.45, 2.75) is 70.2 Å². The third-order valence-electron chi connectivity index (χ3n) is 4.40. The average molecular weight is 733 g/mol. The summed E-state index contributed by atoms with van der Waals surface area (Å²) in [6.45, 7) is 0. The molecule has 4 nitrogen and oxygen atoms in total. The average Bonchev–Trinajstić information content (AvgIpc) is 2.69. The van der Waals surface area contributed by atoms with E-state index in [0.717, 1.165) is 4.74 Å². The van der Waals surface area contributed by atoms with Crippen LogP contribution in [0, 0.1) is 0 Å². The number of ether oxygens (including phenoxy) is 1. The van der Waals surface area contributed by atoms with Crippen LogP contribution in [0.4, 0.5) is 105 Å². The van der Waals surface area contributed by atoms with Gasteiger partial charge in [-0.1, -0.05) is 0 Å². The van der Waals surface area contributed by atoms with Gasteiger partial charge in [0.1, 0.15) is 0 Å². The molecule has 0 aromatic rings. The van der Waals surface area contributed by atoms with E-state index in [9.17, 15) is 114 Å². The summed E-state index contributed by atoms with van der Waals surface area (Å²) < 4.78 is 345. The van der Waals surface area contributed by atoms with E-state index in [1.807, 2.05) is 0 Å². The maximum atomic E-state index is 13.5. The van der Waals surface area contributed by atoms with E-state index in [0.29, 0.717) is 0 Å². The summed E-state index contributed by atoms with van der Waals surface area (Å²) in [5.41, 5.74) is 0. The molecule has 0 saturated carbocycles. The van der Waals surface area contributed by atoms with Gasteiger partial charge < -0.3 is 0 Å². The Kier molecular flexibility index (Phi) is 9.39. The Morgan fingerprint density at radius 2 is 0.619 bits per heavy atom. The van der Waals surface area contributed by atoms with Gasteiger partial charge in [0.25, 0.3) is 0 Å². The monoisotopic (exact) mass is 732 g/mol. The highest BCUT2D eigenvalue weighted by Gasteiger charge is 2.98. The molecule has 0 radical (unpaired) electrons. The van der Waals surface area contributed by atoms with Crippen LogP contribution in [0.25, 0.3) is 0 Å². The summed E-state index contributed by atoms with van der Waals surface area (Å²) in [6, 6.07) is 0. The van der Waals surface area contributed by atoms with E-state index >= 15 is 0 Å². The zero-order valence-corrected chi connectivity index (χ0v) is 19.1. The van der Waals surface area contributed by atoms with Crippen molar-refractivity contribution in [2.75, 3.05) is 0 Å². The molecular weight excluding hydrogens is 732 g/mol. The lowest BCUT2D eigenvalue weighted by Gasteiger charge is -2.44. The van der Waals surface area contributed by atoms with Crippen molar-refractivity contribution in [2.24, 2.45) is 0 Å². The van der Waals surface area contributed by atoms with Crippen LogP contribution >= 0.6 is 11.6 Å². The number of halogens is 25. The van der Waals surface area contributed by atoms with E-state index in [2.05, 4.69) is 11.6 Å². The Morgan fingerprint density at radius 3 is 0.833 bits per heavy atom. The minimum atomic E-state index is -9.57. The first-order valence-corrected chi connectivity index (χ1v) is 10.2. The van der Waals surface area contributed by atoms with E-state index in [4.69, 9.17) is 4.55 Å². The first kappa shape index (κ1) is 40.5. The molecule has 0 aromatic heterocycles. The fourth-order valence-electron chi connectivity index (χ4n) is 1.98. The molecular formula is C12HClF24O4S. The highest BCUT2D eigenvalue weighted by molar-refractivity contribution is 7.86. The number of hydrogen-bond donors (Lipinski definition) is 1. The predicted octanol–water partition coefficient (Wildman–Crippen LogP) is 7.58. The maximum Gasteiger partial charge on any atom is 0.460 e. The Bertz CT molecular complexity index is 1120. The molecule has 0 saturated heterocycles. The second kappa shape index (κ2) is 9.74. The first-order chi connectivity index (χ1) is 17.5. The molecule has 0 heterocycles. The highest BCUT2D eigenvalue weighted by atomic mass is 35.5. The van der Waals surface area contributed by atoms with Gasteiger partial charge in [-0.15, -0.1) is 0 Å². The quantitative estimate of drug-likeness (QED) is 0.121. The smallest absolute Gasteiger partial charge is 0.281 e. The van der Waals surface area contributed by atoms with E-state index in [1.54, 1.807) is 0 Å². The largest absolute Gasteiger partial charge is 0.460 e.